The van der Waals surface area contributed by atoms with Crippen LogP contribution in [0.2, 0.25) is 10.0 Å². The standard InChI is InChI=1S/C43H47Cl2N5O8/c1-2-56-42(55)43(27-52)11-15-49(26-43)12-5-13-50-14-10-33-32(7-4-9-37(33)50)34-8-3-6-30(40(34)45)25-58-39-18-38(57-24-29-16-28(19-46)20-47-21-29)31(17-35(39)44)22-48-36(23-51)41(53)54/h3-4,6-9,16-18,20-21,36,48,51-52H,2,5,10-15,22-27H2,1H3,(H,53,54)/t36-,43?/m0/s1. The number of hydrogen-bond acceptors (Lipinski definition) is 12. The quantitative estimate of drug-likeness (QED) is 0.0858. The number of benzene rings is 3. The van der Waals surface area contributed by atoms with Gasteiger partial charge < -0.3 is 39.3 Å². The van der Waals surface area contributed by atoms with Gasteiger partial charge in [0.25, 0.3) is 0 Å². The zero-order valence-electron chi connectivity index (χ0n) is 32.3. The van der Waals surface area contributed by atoms with Gasteiger partial charge in [0.15, 0.2) is 0 Å². The van der Waals surface area contributed by atoms with E-state index in [1.165, 1.54) is 17.4 Å². The third-order valence-electron chi connectivity index (χ3n) is 10.7. The van der Waals surface area contributed by atoms with Gasteiger partial charge in [-0.2, -0.15) is 5.26 Å². The van der Waals surface area contributed by atoms with Gasteiger partial charge in [0.05, 0.1) is 35.4 Å². The van der Waals surface area contributed by atoms with E-state index < -0.39 is 24.0 Å². The number of carboxylic acid groups (broad SMARTS) is 1. The Kier molecular flexibility index (Phi) is 14.5. The topological polar surface area (TPSA) is 178 Å². The van der Waals surface area contributed by atoms with E-state index in [9.17, 15) is 30.2 Å². The number of ether oxygens (including phenoxy) is 3. The minimum atomic E-state index is -1.20. The Bertz CT molecular complexity index is 2150. The molecule has 15 heteroatoms. The van der Waals surface area contributed by atoms with Crippen LogP contribution in [0.15, 0.2) is 67.0 Å². The van der Waals surface area contributed by atoms with Gasteiger partial charge in [-0.3, -0.25) is 19.9 Å². The van der Waals surface area contributed by atoms with E-state index >= 15 is 0 Å². The van der Waals surface area contributed by atoms with Gasteiger partial charge in [-0.25, -0.2) is 0 Å². The van der Waals surface area contributed by atoms with Crippen molar-refractivity contribution in [2.75, 3.05) is 57.4 Å². The molecule has 1 fully saturated rings. The Morgan fingerprint density at radius 2 is 1.79 bits per heavy atom. The molecule has 13 nitrogen and oxygen atoms in total. The van der Waals surface area contributed by atoms with Gasteiger partial charge in [0.1, 0.15) is 42.2 Å². The lowest BCUT2D eigenvalue weighted by Crippen LogP contribution is -2.40. The molecule has 1 saturated heterocycles. The maximum absolute atomic E-state index is 12.6. The summed E-state index contributed by atoms with van der Waals surface area (Å²) in [7, 11) is 0. The molecule has 58 heavy (non-hydrogen) atoms. The zero-order chi connectivity index (χ0) is 41.2. The highest BCUT2D eigenvalue weighted by atomic mass is 35.5. The lowest BCUT2D eigenvalue weighted by molar-refractivity contribution is -0.157. The lowest BCUT2D eigenvalue weighted by Gasteiger charge is -2.25. The van der Waals surface area contributed by atoms with Crippen LogP contribution >= 0.6 is 23.2 Å². The fraction of sp³-hybridized carbons (Fsp3) is 0.395. The summed E-state index contributed by atoms with van der Waals surface area (Å²) in [6, 6.07) is 17.9. The molecule has 2 aliphatic rings. The molecule has 1 aromatic heterocycles. The summed E-state index contributed by atoms with van der Waals surface area (Å²) in [5.74, 6) is -0.846. The number of esters is 1. The number of rotatable bonds is 19. The second-order valence-corrected chi connectivity index (χ2v) is 15.3. The molecule has 0 spiro atoms. The number of nitriles is 1. The van der Waals surface area contributed by atoms with Gasteiger partial charge in [0.2, 0.25) is 0 Å². The van der Waals surface area contributed by atoms with Crippen molar-refractivity contribution >= 4 is 40.8 Å². The maximum Gasteiger partial charge on any atom is 0.323 e. The van der Waals surface area contributed by atoms with Crippen LogP contribution in [0.4, 0.5) is 5.69 Å². The van der Waals surface area contributed by atoms with Crippen molar-refractivity contribution in [3.05, 3.63) is 105 Å². The number of aromatic nitrogens is 1. The number of fused-ring (bicyclic) bond motifs is 1. The number of aliphatic carboxylic acids is 1. The van der Waals surface area contributed by atoms with Crippen molar-refractivity contribution in [2.24, 2.45) is 5.41 Å². The second-order valence-electron chi connectivity index (χ2n) is 14.5. The molecule has 0 saturated carbocycles. The molecule has 6 rings (SSSR count). The molecule has 0 aliphatic carbocycles. The number of halogens is 2. The summed E-state index contributed by atoms with van der Waals surface area (Å²) in [5.41, 5.74) is 5.81. The monoisotopic (exact) mass is 831 g/mol. The van der Waals surface area contributed by atoms with Crippen molar-refractivity contribution in [1.82, 2.24) is 15.2 Å². The van der Waals surface area contributed by atoms with Crippen LogP contribution in [-0.4, -0.2) is 95.7 Å². The number of carboxylic acids is 1. The Balaban J connectivity index is 1.14. The molecule has 1 unspecified atom stereocenters. The van der Waals surface area contributed by atoms with Crippen LogP contribution in [-0.2, 0) is 40.5 Å². The summed E-state index contributed by atoms with van der Waals surface area (Å²) in [6.45, 7) is 5.25. The molecular formula is C43H47Cl2N5O8. The number of aliphatic hydroxyl groups is 2. The first-order chi connectivity index (χ1) is 28.1. The maximum atomic E-state index is 12.6. The van der Waals surface area contributed by atoms with Crippen molar-refractivity contribution in [3.63, 3.8) is 0 Å². The molecule has 2 aliphatic heterocycles. The summed E-state index contributed by atoms with van der Waals surface area (Å²) in [5, 5.41) is 41.9. The Hall–Kier alpha value is -4.94. The summed E-state index contributed by atoms with van der Waals surface area (Å²) < 4.78 is 17.6. The Morgan fingerprint density at radius 3 is 2.55 bits per heavy atom. The van der Waals surface area contributed by atoms with Gasteiger partial charge in [0, 0.05) is 72.6 Å². The van der Waals surface area contributed by atoms with Crippen LogP contribution in [0.1, 0.15) is 47.6 Å². The van der Waals surface area contributed by atoms with Crippen molar-refractivity contribution in [3.8, 4) is 28.7 Å². The Morgan fingerprint density at radius 1 is 1.00 bits per heavy atom. The van der Waals surface area contributed by atoms with Gasteiger partial charge in [-0.15, -0.1) is 0 Å². The fourth-order valence-electron chi connectivity index (χ4n) is 7.53. The van der Waals surface area contributed by atoms with Gasteiger partial charge in [-0.1, -0.05) is 53.5 Å². The van der Waals surface area contributed by atoms with Gasteiger partial charge >= 0.3 is 11.9 Å². The van der Waals surface area contributed by atoms with Crippen LogP contribution in [0, 0.1) is 16.7 Å². The molecule has 3 aromatic carbocycles. The minimum absolute atomic E-state index is 0.0247. The molecule has 2 atom stereocenters. The summed E-state index contributed by atoms with van der Waals surface area (Å²) >= 11 is 13.8. The highest BCUT2D eigenvalue weighted by Crippen LogP contribution is 2.41. The highest BCUT2D eigenvalue weighted by molar-refractivity contribution is 6.34. The average Bonchev–Trinajstić information content (AvgIpc) is 3.86. The second kappa shape index (κ2) is 19.7. The fourth-order valence-corrected chi connectivity index (χ4v) is 8.05. The molecular weight excluding hydrogens is 785 g/mol. The van der Waals surface area contributed by atoms with Gasteiger partial charge in [-0.05, 0) is 68.6 Å². The zero-order valence-corrected chi connectivity index (χ0v) is 33.8. The number of carbonyl (C=O) groups is 2. The van der Waals surface area contributed by atoms with Crippen LogP contribution < -0.4 is 19.7 Å². The van der Waals surface area contributed by atoms with E-state index in [2.05, 4.69) is 38.3 Å². The van der Waals surface area contributed by atoms with Crippen molar-refractivity contribution in [1.29, 1.82) is 5.26 Å². The van der Waals surface area contributed by atoms with E-state index in [4.69, 9.17) is 37.4 Å². The number of likely N-dealkylation sites (tertiary alicyclic amines) is 1. The number of nitrogens with zero attached hydrogens (tertiary/aromatic N) is 4. The molecule has 306 valence electrons. The first-order valence-corrected chi connectivity index (χ1v) is 20.0. The number of pyridine rings is 1. The van der Waals surface area contributed by atoms with Crippen LogP contribution in [0.3, 0.4) is 0 Å². The first-order valence-electron chi connectivity index (χ1n) is 19.2. The highest BCUT2D eigenvalue weighted by Gasteiger charge is 2.45. The summed E-state index contributed by atoms with van der Waals surface area (Å²) in [4.78, 5) is 32.8. The summed E-state index contributed by atoms with van der Waals surface area (Å²) in [6.07, 6.45) is 5.40. The number of carbonyl (C=O) groups excluding carboxylic acids is 1. The number of aliphatic hydroxyl groups excluding tert-OH is 2. The first kappa shape index (κ1) is 42.7. The molecule has 3 heterocycles. The van der Waals surface area contributed by atoms with E-state index in [-0.39, 0.29) is 37.4 Å². The SMILES string of the molecule is CCOC(=O)C1(CO)CCN(CCCN2CCc3c(-c4cccc(COc5cc(OCc6cncc(C#N)c6)c(CN[C@@H](CO)C(=O)O)cc5Cl)c4Cl)cccc32)C1. The largest absolute Gasteiger partial charge is 0.488 e. The number of nitrogens with one attached hydrogen (secondary N) is 1. The predicted octanol–water partition coefficient (Wildman–Crippen LogP) is 5.62. The third-order valence-corrected chi connectivity index (χ3v) is 11.4. The molecule has 0 bridgehead atoms. The molecule has 0 amide bonds. The smallest absolute Gasteiger partial charge is 0.323 e. The van der Waals surface area contributed by atoms with Crippen molar-refractivity contribution in [2.45, 2.75) is 52.0 Å². The molecule has 4 aromatic rings. The molecule has 4 N–H and O–H groups in total. The van der Waals surface area contributed by atoms with E-state index in [0.717, 1.165) is 55.7 Å². The van der Waals surface area contributed by atoms with E-state index in [0.29, 0.717) is 52.8 Å². The minimum Gasteiger partial charge on any atom is -0.488 e. The number of anilines is 1. The van der Waals surface area contributed by atoms with Crippen LogP contribution in [0.25, 0.3) is 11.1 Å². The third kappa shape index (κ3) is 9.84. The van der Waals surface area contributed by atoms with E-state index in [1.54, 1.807) is 31.3 Å². The van der Waals surface area contributed by atoms with Crippen molar-refractivity contribution < 1.29 is 39.1 Å². The normalized spacial score (nSPS) is 16.8. The molecule has 0 radical (unpaired) electrons. The predicted molar refractivity (Wildman–Crippen MR) is 219 cm³/mol. The Labute approximate surface area is 347 Å². The number of hydrogen-bond donors (Lipinski definition) is 4. The van der Waals surface area contributed by atoms with Crippen LogP contribution in [0.5, 0.6) is 11.5 Å². The lowest BCUT2D eigenvalue weighted by atomic mass is 9.88. The van der Waals surface area contributed by atoms with E-state index in [1.807, 2.05) is 24.3 Å². The average molecular weight is 833 g/mol.